The Bertz CT molecular complexity index is 1020. The van der Waals surface area contributed by atoms with E-state index >= 15 is 0 Å². The van der Waals surface area contributed by atoms with E-state index in [0.717, 1.165) is 17.7 Å². The van der Waals surface area contributed by atoms with E-state index in [2.05, 4.69) is 4.72 Å². The number of fused-ring (bicyclic) bond motifs is 1. The third-order valence-corrected chi connectivity index (χ3v) is 5.92. The molecule has 0 saturated heterocycles. The van der Waals surface area contributed by atoms with Crippen LogP contribution >= 0.6 is 0 Å². The van der Waals surface area contributed by atoms with Crippen LogP contribution in [0.25, 0.3) is 0 Å². The third-order valence-electron chi connectivity index (χ3n) is 4.46. The summed E-state index contributed by atoms with van der Waals surface area (Å²) in [7, 11) is -3.82. The number of carbonyl (C=O) groups excluding carboxylic acids is 1. The second kappa shape index (κ2) is 8.03. The Labute approximate surface area is 166 Å². The number of nitrogens with zero attached hydrogens (tertiary/aromatic N) is 1. The van der Waals surface area contributed by atoms with Gasteiger partial charge in [0.05, 0.1) is 10.5 Å². The fraction of sp³-hybridized carbons (Fsp3) is 0.316. The van der Waals surface area contributed by atoms with Gasteiger partial charge in [0.1, 0.15) is 12.4 Å². The molecule has 2 aromatic carbocycles. The highest BCUT2D eigenvalue weighted by Crippen LogP contribution is 2.31. The fourth-order valence-electron chi connectivity index (χ4n) is 3.06. The van der Waals surface area contributed by atoms with Crippen LogP contribution < -0.4 is 14.4 Å². The Hall–Kier alpha value is -2.59. The van der Waals surface area contributed by atoms with Crippen molar-refractivity contribution in [3.05, 3.63) is 53.6 Å². The van der Waals surface area contributed by atoms with Crippen molar-refractivity contribution in [2.75, 3.05) is 24.6 Å². The predicted octanol–water partition coefficient (Wildman–Crippen LogP) is 2.97. The molecule has 0 radical (unpaired) electrons. The lowest BCUT2D eigenvalue weighted by Crippen LogP contribution is -2.28. The van der Waals surface area contributed by atoms with Gasteiger partial charge in [-0.05, 0) is 48.4 Å². The van der Waals surface area contributed by atoms with Gasteiger partial charge in [-0.15, -0.1) is 0 Å². The molecule has 0 aliphatic carbocycles. The molecule has 29 heavy (non-hydrogen) atoms. The highest BCUT2D eigenvalue weighted by molar-refractivity contribution is 7.89. The summed E-state index contributed by atoms with van der Waals surface area (Å²) in [6, 6.07) is 8.90. The minimum Gasteiger partial charge on any atom is -0.492 e. The summed E-state index contributed by atoms with van der Waals surface area (Å²) < 4.78 is 70.6. The maximum Gasteiger partial charge on any atom is 0.416 e. The summed E-state index contributed by atoms with van der Waals surface area (Å²) in [6.45, 7) is 1.71. The van der Waals surface area contributed by atoms with Crippen molar-refractivity contribution in [1.82, 2.24) is 4.72 Å². The average molecular weight is 428 g/mol. The van der Waals surface area contributed by atoms with Crippen LogP contribution in [0, 0.1) is 0 Å². The number of rotatable bonds is 6. The van der Waals surface area contributed by atoms with Gasteiger partial charge in [0.25, 0.3) is 0 Å². The lowest BCUT2D eigenvalue weighted by atomic mass is 10.2. The van der Waals surface area contributed by atoms with E-state index in [0.29, 0.717) is 18.7 Å². The molecule has 1 aliphatic rings. The van der Waals surface area contributed by atoms with Crippen LogP contribution in [0.5, 0.6) is 5.75 Å². The molecular formula is C19H19F3N2O4S. The molecule has 0 bridgehead atoms. The molecule has 6 nitrogen and oxygen atoms in total. The SMILES string of the molecule is CC(=O)N1CCc2cc(S(=O)(=O)NCCOc3cccc(C(F)(F)F)c3)ccc21. The highest BCUT2D eigenvalue weighted by atomic mass is 32.2. The van der Waals surface area contributed by atoms with Crippen LogP contribution in [-0.4, -0.2) is 34.0 Å². The first-order chi connectivity index (χ1) is 13.6. The molecule has 0 saturated carbocycles. The number of amides is 1. The largest absolute Gasteiger partial charge is 0.492 e. The summed E-state index contributed by atoms with van der Waals surface area (Å²) in [5.74, 6) is -0.106. The van der Waals surface area contributed by atoms with Crippen LogP contribution in [-0.2, 0) is 27.4 Å². The number of sulfonamides is 1. The zero-order valence-corrected chi connectivity index (χ0v) is 16.3. The molecule has 1 aliphatic heterocycles. The van der Waals surface area contributed by atoms with Gasteiger partial charge in [0.15, 0.2) is 0 Å². The summed E-state index contributed by atoms with van der Waals surface area (Å²) in [5, 5.41) is 0. The molecule has 10 heteroatoms. The minimum atomic E-state index is -4.48. The maximum absolute atomic E-state index is 12.7. The molecule has 0 atom stereocenters. The van der Waals surface area contributed by atoms with Crippen LogP contribution in [0.15, 0.2) is 47.4 Å². The van der Waals surface area contributed by atoms with Crippen LogP contribution in [0.1, 0.15) is 18.1 Å². The van der Waals surface area contributed by atoms with Gasteiger partial charge in [-0.3, -0.25) is 4.79 Å². The first-order valence-corrected chi connectivity index (χ1v) is 10.3. The van der Waals surface area contributed by atoms with Crippen LogP contribution in [0.3, 0.4) is 0 Å². The second-order valence-corrected chi connectivity index (χ2v) is 8.25. The Morgan fingerprint density at radius 1 is 1.21 bits per heavy atom. The van der Waals surface area contributed by atoms with Gasteiger partial charge in [0.2, 0.25) is 15.9 Å². The van der Waals surface area contributed by atoms with E-state index in [4.69, 9.17) is 4.74 Å². The summed E-state index contributed by atoms with van der Waals surface area (Å²) >= 11 is 0. The smallest absolute Gasteiger partial charge is 0.416 e. The molecule has 156 valence electrons. The van der Waals surface area contributed by atoms with Gasteiger partial charge < -0.3 is 9.64 Å². The minimum absolute atomic E-state index is 0.000813. The lowest BCUT2D eigenvalue weighted by Gasteiger charge is -2.15. The normalized spacial score (nSPS) is 14.0. The summed E-state index contributed by atoms with van der Waals surface area (Å²) in [4.78, 5) is 13.2. The zero-order chi connectivity index (χ0) is 21.2. The van der Waals surface area contributed by atoms with E-state index in [1.807, 2.05) is 0 Å². The highest BCUT2D eigenvalue weighted by Gasteiger charge is 2.30. The molecule has 1 N–H and O–H groups in total. The predicted molar refractivity (Wildman–Crippen MR) is 100 cm³/mol. The van der Waals surface area contributed by atoms with E-state index in [-0.39, 0.29) is 29.7 Å². The van der Waals surface area contributed by atoms with Crippen molar-refractivity contribution in [3.63, 3.8) is 0 Å². The van der Waals surface area contributed by atoms with Crippen LogP contribution in [0.2, 0.25) is 0 Å². The van der Waals surface area contributed by atoms with Gasteiger partial charge in [0, 0.05) is 25.7 Å². The number of hydrogen-bond acceptors (Lipinski definition) is 4. The number of benzene rings is 2. The van der Waals surface area contributed by atoms with Crippen LogP contribution in [0.4, 0.5) is 18.9 Å². The number of carbonyl (C=O) groups is 1. The van der Waals surface area contributed by atoms with Gasteiger partial charge in [-0.1, -0.05) is 6.07 Å². The Kier molecular flexibility index (Phi) is 5.85. The Balaban J connectivity index is 1.59. The van der Waals surface area contributed by atoms with E-state index in [1.54, 1.807) is 11.0 Å². The van der Waals surface area contributed by atoms with E-state index in [1.165, 1.54) is 31.2 Å². The number of halogens is 3. The van der Waals surface area contributed by atoms with Gasteiger partial charge in [-0.25, -0.2) is 13.1 Å². The maximum atomic E-state index is 12.7. The topological polar surface area (TPSA) is 75.7 Å². The van der Waals surface area contributed by atoms with Crippen molar-refractivity contribution >= 4 is 21.6 Å². The molecule has 0 spiro atoms. The van der Waals surface area contributed by atoms with E-state index in [9.17, 15) is 26.4 Å². The number of hydrogen-bond donors (Lipinski definition) is 1. The van der Waals surface area contributed by atoms with Gasteiger partial charge >= 0.3 is 6.18 Å². The van der Waals surface area contributed by atoms with Gasteiger partial charge in [-0.2, -0.15) is 13.2 Å². The van der Waals surface area contributed by atoms with E-state index < -0.39 is 21.8 Å². The number of anilines is 1. The Morgan fingerprint density at radius 2 is 1.97 bits per heavy atom. The first-order valence-electron chi connectivity index (χ1n) is 8.79. The molecule has 1 amide bonds. The lowest BCUT2D eigenvalue weighted by molar-refractivity contribution is -0.137. The fourth-order valence-corrected chi connectivity index (χ4v) is 4.13. The van der Waals surface area contributed by atoms with Crippen molar-refractivity contribution in [2.24, 2.45) is 0 Å². The number of alkyl halides is 3. The number of ether oxygens (including phenoxy) is 1. The Morgan fingerprint density at radius 3 is 2.66 bits per heavy atom. The summed E-state index contributed by atoms with van der Waals surface area (Å²) in [5.41, 5.74) is 0.626. The molecule has 0 aromatic heterocycles. The van der Waals surface area contributed by atoms with Crippen molar-refractivity contribution in [3.8, 4) is 5.75 Å². The molecule has 3 rings (SSSR count). The molecule has 0 fully saturated rings. The standard InChI is InChI=1S/C19H19F3N2O4S/c1-13(25)24-9-7-14-11-17(5-6-18(14)24)29(26,27)23-8-10-28-16-4-2-3-15(12-16)19(20,21)22/h2-6,11-12,23H,7-10H2,1H3. The second-order valence-electron chi connectivity index (χ2n) is 6.48. The molecule has 1 heterocycles. The zero-order valence-electron chi connectivity index (χ0n) is 15.5. The third kappa shape index (κ3) is 4.88. The average Bonchev–Trinajstić information content (AvgIpc) is 3.08. The quantitative estimate of drug-likeness (QED) is 0.718. The summed E-state index contributed by atoms with van der Waals surface area (Å²) in [6.07, 6.45) is -3.91. The van der Waals surface area contributed by atoms with Crippen molar-refractivity contribution in [1.29, 1.82) is 0 Å². The molecular weight excluding hydrogens is 409 g/mol. The monoisotopic (exact) mass is 428 g/mol. The molecule has 2 aromatic rings. The van der Waals surface area contributed by atoms with Crippen molar-refractivity contribution in [2.45, 2.75) is 24.4 Å². The molecule has 0 unspecified atom stereocenters. The first kappa shape index (κ1) is 21.1. The number of nitrogens with one attached hydrogen (secondary N) is 1. The van der Waals surface area contributed by atoms with Crippen molar-refractivity contribution < 1.29 is 31.1 Å².